The minimum absolute atomic E-state index is 0.0327. The van der Waals surface area contributed by atoms with Crippen LogP contribution in [0.2, 0.25) is 0 Å². The maximum Gasteiger partial charge on any atom is 0.225 e. The van der Waals surface area contributed by atoms with Crippen LogP contribution in [0.5, 0.6) is 5.75 Å². The summed E-state index contributed by atoms with van der Waals surface area (Å²) >= 11 is 1.77. The number of hydrogen-bond donors (Lipinski definition) is 1. The Morgan fingerprint density at radius 3 is 2.57 bits per heavy atom. The largest absolute Gasteiger partial charge is 0.490 e. The van der Waals surface area contributed by atoms with Crippen molar-refractivity contribution in [2.75, 3.05) is 17.7 Å². The molecule has 0 radical (unpaired) electrons. The molecule has 1 N–H and O–H groups in total. The quantitative estimate of drug-likeness (QED) is 0.544. The molecule has 120 valence electrons. The number of anilines is 1. The summed E-state index contributed by atoms with van der Waals surface area (Å²) in [7, 11) is 0. The lowest BCUT2D eigenvalue weighted by Gasteiger charge is -2.07. The van der Waals surface area contributed by atoms with Gasteiger partial charge < -0.3 is 10.1 Å². The number of carbonyl (C=O) groups is 1. The topological polar surface area (TPSA) is 38.3 Å². The Bertz CT molecular complexity index is 611. The van der Waals surface area contributed by atoms with E-state index in [9.17, 15) is 4.79 Å². The summed E-state index contributed by atoms with van der Waals surface area (Å²) in [5.41, 5.74) is 2.07. The molecule has 2 aromatic carbocycles. The summed E-state index contributed by atoms with van der Waals surface area (Å²) in [5, 5.41) is 2.90. The first-order valence-electron chi connectivity index (χ1n) is 7.53. The molecule has 0 aromatic heterocycles. The molecule has 2 rings (SSSR count). The summed E-state index contributed by atoms with van der Waals surface area (Å²) in [5.74, 6) is 2.54. The van der Waals surface area contributed by atoms with Gasteiger partial charge in [0.1, 0.15) is 12.4 Å². The molecule has 0 heterocycles. The average molecular weight is 327 g/mol. The minimum atomic E-state index is 0.0327. The van der Waals surface area contributed by atoms with Gasteiger partial charge in [0.25, 0.3) is 0 Å². The second-order valence-electron chi connectivity index (χ2n) is 4.96. The summed E-state index contributed by atoms with van der Waals surface area (Å²) in [4.78, 5) is 11.9. The van der Waals surface area contributed by atoms with Crippen LogP contribution in [0.4, 0.5) is 5.69 Å². The van der Waals surface area contributed by atoms with Crippen molar-refractivity contribution >= 4 is 23.4 Å². The molecule has 2 aromatic rings. The van der Waals surface area contributed by atoms with E-state index in [4.69, 9.17) is 4.74 Å². The molecule has 3 nitrogen and oxygen atoms in total. The first kappa shape index (κ1) is 17.2. The van der Waals surface area contributed by atoms with Crippen LogP contribution in [-0.2, 0) is 10.5 Å². The molecule has 0 aliphatic rings. The van der Waals surface area contributed by atoms with Crippen molar-refractivity contribution < 1.29 is 9.53 Å². The van der Waals surface area contributed by atoms with E-state index < -0.39 is 0 Å². The standard InChI is InChI=1S/C19H21NO2S/c1-2-13-22-18-10-8-17(9-11-18)20-19(21)12-14-23-15-16-6-4-3-5-7-16/h2-11H,1,12-15H2,(H,20,21). The highest BCUT2D eigenvalue weighted by Gasteiger charge is 2.03. The van der Waals surface area contributed by atoms with Crippen LogP contribution in [0.25, 0.3) is 0 Å². The molecular formula is C19H21NO2S. The van der Waals surface area contributed by atoms with E-state index in [0.717, 1.165) is 22.9 Å². The molecule has 0 fully saturated rings. The van der Waals surface area contributed by atoms with E-state index >= 15 is 0 Å². The molecule has 4 heteroatoms. The molecule has 0 aliphatic carbocycles. The summed E-state index contributed by atoms with van der Waals surface area (Å²) < 4.78 is 5.40. The molecule has 0 saturated heterocycles. The van der Waals surface area contributed by atoms with Gasteiger partial charge in [0.15, 0.2) is 0 Å². The average Bonchev–Trinajstić information content (AvgIpc) is 2.59. The first-order valence-corrected chi connectivity index (χ1v) is 8.68. The van der Waals surface area contributed by atoms with Gasteiger partial charge in [-0.15, -0.1) is 0 Å². The van der Waals surface area contributed by atoms with Gasteiger partial charge in [-0.3, -0.25) is 4.79 Å². The summed E-state index contributed by atoms with van der Waals surface area (Å²) in [6, 6.07) is 17.6. The van der Waals surface area contributed by atoms with Gasteiger partial charge in [-0.05, 0) is 29.8 Å². The number of benzene rings is 2. The van der Waals surface area contributed by atoms with Crippen LogP contribution in [0, 0.1) is 0 Å². The normalized spacial score (nSPS) is 10.1. The Morgan fingerprint density at radius 1 is 1.13 bits per heavy atom. The van der Waals surface area contributed by atoms with E-state index in [1.807, 2.05) is 42.5 Å². The number of nitrogens with one attached hydrogen (secondary N) is 1. The fraction of sp³-hybridized carbons (Fsp3) is 0.211. The molecule has 1 amide bonds. The Balaban J connectivity index is 1.67. The van der Waals surface area contributed by atoms with E-state index in [2.05, 4.69) is 24.0 Å². The Hall–Kier alpha value is -2.20. The first-order chi connectivity index (χ1) is 11.3. The fourth-order valence-electron chi connectivity index (χ4n) is 1.94. The van der Waals surface area contributed by atoms with Gasteiger partial charge in [-0.2, -0.15) is 11.8 Å². The molecule has 0 aliphatic heterocycles. The van der Waals surface area contributed by atoms with Gasteiger partial charge in [0.2, 0.25) is 5.91 Å². The predicted molar refractivity (Wildman–Crippen MR) is 98.0 cm³/mol. The lowest BCUT2D eigenvalue weighted by atomic mass is 10.2. The van der Waals surface area contributed by atoms with Crippen molar-refractivity contribution in [2.24, 2.45) is 0 Å². The second kappa shape index (κ2) is 9.74. The maximum atomic E-state index is 11.9. The number of rotatable bonds is 9. The Labute approximate surface area is 141 Å². The van der Waals surface area contributed by atoms with Crippen molar-refractivity contribution in [1.29, 1.82) is 0 Å². The number of hydrogen-bond acceptors (Lipinski definition) is 3. The highest BCUT2D eigenvalue weighted by atomic mass is 32.2. The number of ether oxygens (including phenoxy) is 1. The smallest absolute Gasteiger partial charge is 0.225 e. The third kappa shape index (κ3) is 6.61. The third-order valence-electron chi connectivity index (χ3n) is 3.09. The molecule has 23 heavy (non-hydrogen) atoms. The minimum Gasteiger partial charge on any atom is -0.490 e. The van der Waals surface area contributed by atoms with Gasteiger partial charge in [-0.1, -0.05) is 43.0 Å². The fourth-order valence-corrected chi connectivity index (χ4v) is 2.84. The highest BCUT2D eigenvalue weighted by molar-refractivity contribution is 7.98. The van der Waals surface area contributed by atoms with E-state index in [0.29, 0.717) is 13.0 Å². The van der Waals surface area contributed by atoms with Gasteiger partial charge in [0, 0.05) is 23.6 Å². The third-order valence-corrected chi connectivity index (χ3v) is 4.12. The molecule has 0 spiro atoms. The van der Waals surface area contributed by atoms with Crippen LogP contribution in [-0.4, -0.2) is 18.3 Å². The van der Waals surface area contributed by atoms with Crippen LogP contribution < -0.4 is 10.1 Å². The van der Waals surface area contributed by atoms with Crippen molar-refractivity contribution in [2.45, 2.75) is 12.2 Å². The number of amides is 1. The Morgan fingerprint density at radius 2 is 1.87 bits per heavy atom. The van der Waals surface area contributed by atoms with E-state index in [1.165, 1.54) is 5.56 Å². The zero-order valence-electron chi connectivity index (χ0n) is 13.0. The number of carbonyl (C=O) groups excluding carboxylic acids is 1. The van der Waals surface area contributed by atoms with Crippen LogP contribution in [0.1, 0.15) is 12.0 Å². The van der Waals surface area contributed by atoms with E-state index in [-0.39, 0.29) is 5.91 Å². The Kier molecular flexibility index (Phi) is 7.27. The molecular weight excluding hydrogens is 306 g/mol. The van der Waals surface area contributed by atoms with E-state index in [1.54, 1.807) is 17.8 Å². The lowest BCUT2D eigenvalue weighted by molar-refractivity contribution is -0.115. The number of thioether (sulfide) groups is 1. The monoisotopic (exact) mass is 327 g/mol. The molecule has 0 atom stereocenters. The SMILES string of the molecule is C=CCOc1ccc(NC(=O)CCSCc2ccccc2)cc1. The highest BCUT2D eigenvalue weighted by Crippen LogP contribution is 2.17. The predicted octanol–water partition coefficient (Wildman–Crippen LogP) is 4.51. The molecule has 0 saturated carbocycles. The molecule has 0 bridgehead atoms. The van der Waals surface area contributed by atoms with Gasteiger partial charge in [-0.25, -0.2) is 0 Å². The summed E-state index contributed by atoms with van der Waals surface area (Å²) in [6.45, 7) is 4.08. The summed E-state index contributed by atoms with van der Waals surface area (Å²) in [6.07, 6.45) is 2.20. The maximum absolute atomic E-state index is 11.9. The zero-order valence-corrected chi connectivity index (χ0v) is 13.9. The second-order valence-corrected chi connectivity index (χ2v) is 6.07. The van der Waals surface area contributed by atoms with Crippen molar-refractivity contribution in [1.82, 2.24) is 0 Å². The lowest BCUT2D eigenvalue weighted by Crippen LogP contribution is -2.12. The van der Waals surface area contributed by atoms with Crippen LogP contribution in [0.3, 0.4) is 0 Å². The van der Waals surface area contributed by atoms with Crippen LogP contribution >= 0.6 is 11.8 Å². The van der Waals surface area contributed by atoms with Gasteiger partial charge in [0.05, 0.1) is 0 Å². The van der Waals surface area contributed by atoms with Gasteiger partial charge >= 0.3 is 0 Å². The van der Waals surface area contributed by atoms with Crippen molar-refractivity contribution in [3.8, 4) is 5.75 Å². The van der Waals surface area contributed by atoms with Crippen LogP contribution in [0.15, 0.2) is 67.3 Å². The molecule has 0 unspecified atom stereocenters. The zero-order chi connectivity index (χ0) is 16.3. The van der Waals surface area contributed by atoms with Crippen molar-refractivity contribution in [3.05, 3.63) is 72.8 Å². The van der Waals surface area contributed by atoms with Crippen molar-refractivity contribution in [3.63, 3.8) is 0 Å².